The Morgan fingerprint density at radius 1 is 1.37 bits per heavy atom. The molecule has 0 aliphatic carbocycles. The smallest absolute Gasteiger partial charge is 0.245 e. The predicted octanol–water partition coefficient (Wildman–Crippen LogP) is 2.85. The molecule has 1 saturated heterocycles. The van der Waals surface area contributed by atoms with Crippen LogP contribution in [0, 0.1) is 0 Å². The average molecular weight is 366 g/mol. The molecule has 2 heterocycles. The van der Waals surface area contributed by atoms with Crippen molar-refractivity contribution in [1.82, 2.24) is 9.62 Å². The van der Waals surface area contributed by atoms with Gasteiger partial charge in [-0.05, 0) is 32.0 Å². The van der Waals surface area contributed by atoms with E-state index in [4.69, 9.17) is 23.2 Å². The summed E-state index contributed by atoms with van der Waals surface area (Å²) in [4.78, 5) is 0.111. The summed E-state index contributed by atoms with van der Waals surface area (Å²) in [6, 6.07) is 1.44. The molecule has 110 valence electrons. The number of rotatable bonds is 3. The van der Waals surface area contributed by atoms with Gasteiger partial charge in [-0.1, -0.05) is 23.2 Å². The lowest BCUT2D eigenvalue weighted by atomic mass is 10.1. The number of sulfonamides is 1. The first kappa shape index (κ1) is 17.5. The van der Waals surface area contributed by atoms with Crippen molar-refractivity contribution < 1.29 is 8.42 Å². The summed E-state index contributed by atoms with van der Waals surface area (Å²) in [6.45, 7) is 1.67. The van der Waals surface area contributed by atoms with Crippen molar-refractivity contribution in [2.75, 3.05) is 20.1 Å². The number of hydrogen-bond acceptors (Lipinski definition) is 4. The molecule has 1 fully saturated rings. The van der Waals surface area contributed by atoms with Gasteiger partial charge in [0.05, 0.1) is 4.34 Å². The average Bonchev–Trinajstić information content (AvgIpc) is 2.69. The van der Waals surface area contributed by atoms with Gasteiger partial charge >= 0.3 is 0 Å². The molecule has 1 N–H and O–H groups in total. The minimum atomic E-state index is -3.55. The zero-order chi connectivity index (χ0) is 13.3. The first-order valence-electron chi connectivity index (χ1n) is 5.56. The Morgan fingerprint density at radius 3 is 2.42 bits per heavy atom. The van der Waals surface area contributed by atoms with E-state index in [1.54, 1.807) is 7.05 Å². The van der Waals surface area contributed by atoms with Crippen LogP contribution in [0.2, 0.25) is 8.67 Å². The molecule has 0 saturated carbocycles. The van der Waals surface area contributed by atoms with Crippen LogP contribution in [0.4, 0.5) is 0 Å². The first-order valence-corrected chi connectivity index (χ1v) is 8.58. The highest BCUT2D eigenvalue weighted by Crippen LogP contribution is 2.36. The standard InChI is InChI=1S/C10H14Cl2N2O2S2.ClH/c1-14(7-2-4-13-5-3-7)18(15,16)8-6-9(11)17-10(8)12;/h6-7,13H,2-5H2,1H3;1H. The highest BCUT2D eigenvalue weighted by molar-refractivity contribution is 7.89. The van der Waals surface area contributed by atoms with E-state index in [0.29, 0.717) is 4.34 Å². The van der Waals surface area contributed by atoms with E-state index >= 15 is 0 Å². The summed E-state index contributed by atoms with van der Waals surface area (Å²) in [7, 11) is -1.94. The molecular weight excluding hydrogens is 351 g/mol. The number of thiophene rings is 1. The van der Waals surface area contributed by atoms with Gasteiger partial charge in [0.1, 0.15) is 9.23 Å². The fourth-order valence-corrected chi connectivity index (χ4v) is 5.55. The summed E-state index contributed by atoms with van der Waals surface area (Å²) in [6.07, 6.45) is 1.62. The summed E-state index contributed by atoms with van der Waals surface area (Å²) in [5.41, 5.74) is 0. The third-order valence-corrected chi connectivity index (χ3v) is 6.77. The molecule has 0 aromatic carbocycles. The molecular formula is C10H15Cl3N2O2S2. The van der Waals surface area contributed by atoms with Crippen LogP contribution in [0.5, 0.6) is 0 Å². The van der Waals surface area contributed by atoms with E-state index in [0.717, 1.165) is 37.3 Å². The molecule has 2 rings (SSSR count). The Hall–Kier alpha value is 0.440. The molecule has 0 amide bonds. The van der Waals surface area contributed by atoms with Gasteiger partial charge in [0.15, 0.2) is 0 Å². The van der Waals surface area contributed by atoms with Crippen molar-refractivity contribution in [2.24, 2.45) is 0 Å². The molecule has 0 bridgehead atoms. The highest BCUT2D eigenvalue weighted by Gasteiger charge is 2.31. The summed E-state index contributed by atoms with van der Waals surface area (Å²) in [5.74, 6) is 0. The van der Waals surface area contributed by atoms with Crippen LogP contribution in [0.15, 0.2) is 11.0 Å². The van der Waals surface area contributed by atoms with Crippen LogP contribution in [-0.2, 0) is 10.0 Å². The maximum atomic E-state index is 12.4. The van der Waals surface area contributed by atoms with Crippen LogP contribution >= 0.6 is 46.9 Å². The number of piperidine rings is 1. The Kier molecular flexibility index (Phi) is 6.38. The Morgan fingerprint density at radius 2 is 1.95 bits per heavy atom. The summed E-state index contributed by atoms with van der Waals surface area (Å²) in [5, 5.41) is 3.21. The van der Waals surface area contributed by atoms with Crippen molar-refractivity contribution in [2.45, 2.75) is 23.8 Å². The molecule has 1 aromatic heterocycles. The third kappa shape index (κ3) is 3.75. The second kappa shape index (κ2) is 6.93. The van der Waals surface area contributed by atoms with Crippen LogP contribution in [0.1, 0.15) is 12.8 Å². The summed E-state index contributed by atoms with van der Waals surface area (Å²) < 4.78 is 26.9. The third-order valence-electron chi connectivity index (χ3n) is 3.11. The Bertz CT molecular complexity index is 527. The van der Waals surface area contributed by atoms with Gasteiger partial charge in [-0.2, -0.15) is 4.31 Å². The van der Waals surface area contributed by atoms with Gasteiger partial charge in [-0.25, -0.2) is 8.42 Å². The quantitative estimate of drug-likeness (QED) is 0.896. The topological polar surface area (TPSA) is 49.4 Å². The molecule has 1 aromatic rings. The predicted molar refractivity (Wildman–Crippen MR) is 82.4 cm³/mol. The highest BCUT2D eigenvalue weighted by atomic mass is 35.5. The molecule has 1 aliphatic heterocycles. The number of hydrogen-bond donors (Lipinski definition) is 1. The lowest BCUT2D eigenvalue weighted by molar-refractivity contribution is 0.296. The molecule has 1 aliphatic rings. The van der Waals surface area contributed by atoms with Crippen LogP contribution in [0.3, 0.4) is 0 Å². The SMILES string of the molecule is CN(C1CCNCC1)S(=O)(=O)c1cc(Cl)sc1Cl.Cl. The van der Waals surface area contributed by atoms with Crippen molar-refractivity contribution in [3.8, 4) is 0 Å². The van der Waals surface area contributed by atoms with Gasteiger partial charge in [0.25, 0.3) is 0 Å². The van der Waals surface area contributed by atoms with Crippen molar-refractivity contribution in [3.63, 3.8) is 0 Å². The van der Waals surface area contributed by atoms with Crippen LogP contribution in [-0.4, -0.2) is 38.9 Å². The second-order valence-electron chi connectivity index (χ2n) is 4.19. The van der Waals surface area contributed by atoms with E-state index < -0.39 is 10.0 Å². The van der Waals surface area contributed by atoms with E-state index in [9.17, 15) is 8.42 Å². The number of nitrogens with zero attached hydrogens (tertiary/aromatic N) is 1. The summed E-state index contributed by atoms with van der Waals surface area (Å²) >= 11 is 12.8. The Balaban J connectivity index is 0.00000180. The second-order valence-corrected chi connectivity index (χ2v) is 8.44. The van der Waals surface area contributed by atoms with Crippen LogP contribution < -0.4 is 5.32 Å². The first-order chi connectivity index (χ1) is 8.43. The maximum absolute atomic E-state index is 12.4. The van der Waals surface area contributed by atoms with E-state index in [-0.39, 0.29) is 27.7 Å². The lowest BCUT2D eigenvalue weighted by Crippen LogP contribution is -2.43. The molecule has 9 heteroatoms. The molecule has 0 atom stereocenters. The zero-order valence-electron chi connectivity index (χ0n) is 10.2. The minimum absolute atomic E-state index is 0. The zero-order valence-corrected chi connectivity index (χ0v) is 14.2. The molecule has 0 unspecified atom stereocenters. The molecule has 4 nitrogen and oxygen atoms in total. The fourth-order valence-electron chi connectivity index (χ4n) is 2.02. The minimum Gasteiger partial charge on any atom is -0.317 e. The monoisotopic (exact) mass is 364 g/mol. The molecule has 0 radical (unpaired) electrons. The Labute approximate surface area is 133 Å². The van der Waals surface area contributed by atoms with E-state index in [1.807, 2.05) is 0 Å². The largest absolute Gasteiger partial charge is 0.317 e. The maximum Gasteiger partial charge on any atom is 0.245 e. The van der Waals surface area contributed by atoms with Gasteiger partial charge in [-0.3, -0.25) is 0 Å². The van der Waals surface area contributed by atoms with Gasteiger partial charge < -0.3 is 5.32 Å². The van der Waals surface area contributed by atoms with Crippen LogP contribution in [0.25, 0.3) is 0 Å². The van der Waals surface area contributed by atoms with Gasteiger partial charge in [0.2, 0.25) is 10.0 Å². The van der Waals surface area contributed by atoms with Gasteiger partial charge in [0, 0.05) is 13.1 Å². The van der Waals surface area contributed by atoms with Crippen molar-refractivity contribution in [3.05, 3.63) is 14.7 Å². The number of halogens is 3. The van der Waals surface area contributed by atoms with Gasteiger partial charge in [-0.15, -0.1) is 23.7 Å². The number of nitrogens with one attached hydrogen (secondary N) is 1. The van der Waals surface area contributed by atoms with Crippen molar-refractivity contribution >= 4 is 57.0 Å². The van der Waals surface area contributed by atoms with E-state index in [1.165, 1.54) is 10.4 Å². The molecule has 0 spiro atoms. The van der Waals surface area contributed by atoms with Crippen molar-refractivity contribution in [1.29, 1.82) is 0 Å². The lowest BCUT2D eigenvalue weighted by Gasteiger charge is -2.30. The molecule has 19 heavy (non-hydrogen) atoms. The fraction of sp³-hybridized carbons (Fsp3) is 0.600. The van der Waals surface area contributed by atoms with E-state index in [2.05, 4.69) is 5.32 Å². The normalized spacial score (nSPS) is 17.5.